The van der Waals surface area contributed by atoms with Crippen molar-refractivity contribution in [1.82, 2.24) is 9.80 Å². The molecular weight excluding hydrogens is 162 g/mol. The number of amidine groups is 1. The summed E-state index contributed by atoms with van der Waals surface area (Å²) >= 11 is 0. The van der Waals surface area contributed by atoms with Gasteiger partial charge in [-0.1, -0.05) is 6.92 Å². The lowest BCUT2D eigenvalue weighted by atomic mass is 10.1. The predicted molar refractivity (Wildman–Crippen MR) is 54.2 cm³/mol. The van der Waals surface area contributed by atoms with Gasteiger partial charge in [0, 0.05) is 32.1 Å². The van der Waals surface area contributed by atoms with Crippen LogP contribution in [0.5, 0.6) is 0 Å². The molecule has 0 radical (unpaired) electrons. The maximum absolute atomic E-state index is 7.79. The van der Waals surface area contributed by atoms with Crippen LogP contribution in [0, 0.1) is 5.41 Å². The monoisotopic (exact) mass is 181 g/mol. The van der Waals surface area contributed by atoms with Crippen molar-refractivity contribution in [2.45, 2.75) is 32.2 Å². The summed E-state index contributed by atoms with van der Waals surface area (Å²) in [4.78, 5) is 4.84. The number of hydrogen-bond donors (Lipinski definition) is 1. The molecular formula is C10H19N3. The van der Waals surface area contributed by atoms with Gasteiger partial charge in [-0.15, -0.1) is 0 Å². The molecule has 2 rings (SSSR count). The van der Waals surface area contributed by atoms with Gasteiger partial charge in [-0.3, -0.25) is 10.3 Å². The van der Waals surface area contributed by atoms with E-state index >= 15 is 0 Å². The van der Waals surface area contributed by atoms with Crippen LogP contribution in [0.3, 0.4) is 0 Å². The van der Waals surface area contributed by atoms with Crippen LogP contribution in [0.2, 0.25) is 0 Å². The zero-order valence-corrected chi connectivity index (χ0v) is 8.42. The second-order valence-corrected chi connectivity index (χ2v) is 4.08. The van der Waals surface area contributed by atoms with Crippen LogP contribution in [0.1, 0.15) is 26.2 Å². The van der Waals surface area contributed by atoms with E-state index in [0.717, 1.165) is 31.4 Å². The summed E-state index contributed by atoms with van der Waals surface area (Å²) in [5.41, 5.74) is 0. The Labute approximate surface area is 80.2 Å². The Bertz CT molecular complexity index is 202. The quantitative estimate of drug-likeness (QED) is 0.486. The highest BCUT2D eigenvalue weighted by molar-refractivity contribution is 5.78. The van der Waals surface area contributed by atoms with Crippen LogP contribution in [-0.2, 0) is 0 Å². The van der Waals surface area contributed by atoms with E-state index in [2.05, 4.69) is 16.7 Å². The third-order valence-corrected chi connectivity index (χ3v) is 3.30. The second-order valence-electron chi connectivity index (χ2n) is 4.08. The first-order chi connectivity index (χ1) is 6.31. The van der Waals surface area contributed by atoms with Gasteiger partial charge in [-0.2, -0.15) is 0 Å². The molecule has 0 aromatic heterocycles. The van der Waals surface area contributed by atoms with E-state index in [1.54, 1.807) is 0 Å². The highest BCUT2D eigenvalue weighted by Gasteiger charge is 2.30. The Balaban J connectivity index is 1.93. The molecule has 0 aliphatic carbocycles. The number of nitrogens with zero attached hydrogens (tertiary/aromatic N) is 2. The lowest BCUT2D eigenvalue weighted by Crippen LogP contribution is -2.51. The molecule has 2 aliphatic heterocycles. The summed E-state index contributed by atoms with van der Waals surface area (Å²) in [6.45, 7) is 6.71. The van der Waals surface area contributed by atoms with E-state index in [4.69, 9.17) is 5.41 Å². The normalized spacial score (nSPS) is 29.0. The minimum Gasteiger partial charge on any atom is -0.358 e. The van der Waals surface area contributed by atoms with Crippen LogP contribution >= 0.6 is 0 Å². The average Bonchev–Trinajstić information content (AvgIpc) is 2.63. The van der Waals surface area contributed by atoms with E-state index in [9.17, 15) is 0 Å². The predicted octanol–water partition coefficient (Wildman–Crippen LogP) is 1.15. The lowest BCUT2D eigenvalue weighted by Gasteiger charge is -2.38. The lowest BCUT2D eigenvalue weighted by molar-refractivity contribution is 0.150. The molecule has 3 heteroatoms. The van der Waals surface area contributed by atoms with Gasteiger partial charge >= 0.3 is 0 Å². The van der Waals surface area contributed by atoms with Gasteiger partial charge < -0.3 is 4.90 Å². The van der Waals surface area contributed by atoms with E-state index in [0.29, 0.717) is 0 Å². The Kier molecular flexibility index (Phi) is 2.54. The molecule has 0 aromatic carbocycles. The van der Waals surface area contributed by atoms with Crippen molar-refractivity contribution in [2.24, 2.45) is 0 Å². The molecule has 1 unspecified atom stereocenters. The van der Waals surface area contributed by atoms with Crippen LogP contribution in [-0.4, -0.2) is 47.9 Å². The number of nitrogens with one attached hydrogen (secondary N) is 1. The molecule has 1 atom stereocenters. The van der Waals surface area contributed by atoms with E-state index in [1.807, 2.05) is 0 Å². The molecule has 0 spiro atoms. The second kappa shape index (κ2) is 3.66. The van der Waals surface area contributed by atoms with E-state index < -0.39 is 0 Å². The fourth-order valence-corrected chi connectivity index (χ4v) is 2.46. The van der Waals surface area contributed by atoms with Gasteiger partial charge in [0.15, 0.2) is 0 Å². The highest BCUT2D eigenvalue weighted by atomic mass is 15.3. The van der Waals surface area contributed by atoms with Crippen molar-refractivity contribution in [3.05, 3.63) is 0 Å². The van der Waals surface area contributed by atoms with Gasteiger partial charge in [0.2, 0.25) is 0 Å². The fourth-order valence-electron chi connectivity index (χ4n) is 2.46. The maximum Gasteiger partial charge on any atom is 0.0955 e. The SMILES string of the molecule is CCC(=N)N1CCN2CCCC2C1. The Hall–Kier alpha value is -0.570. The molecule has 13 heavy (non-hydrogen) atoms. The van der Waals surface area contributed by atoms with Gasteiger partial charge in [0.05, 0.1) is 5.84 Å². The smallest absolute Gasteiger partial charge is 0.0955 e. The fraction of sp³-hybridized carbons (Fsp3) is 0.900. The Morgan fingerprint density at radius 1 is 1.38 bits per heavy atom. The number of hydrogen-bond acceptors (Lipinski definition) is 2. The van der Waals surface area contributed by atoms with Crippen molar-refractivity contribution in [2.75, 3.05) is 26.2 Å². The molecule has 0 saturated carbocycles. The minimum absolute atomic E-state index is 0.751. The number of fused-ring (bicyclic) bond motifs is 1. The van der Waals surface area contributed by atoms with Crippen molar-refractivity contribution < 1.29 is 0 Å². The Morgan fingerprint density at radius 3 is 3.00 bits per heavy atom. The molecule has 0 amide bonds. The largest absolute Gasteiger partial charge is 0.358 e. The molecule has 2 fully saturated rings. The molecule has 2 aliphatic rings. The summed E-state index contributed by atoms with van der Waals surface area (Å²) in [5.74, 6) is 0.826. The van der Waals surface area contributed by atoms with Crippen molar-refractivity contribution in [1.29, 1.82) is 5.41 Å². The summed E-state index contributed by atoms with van der Waals surface area (Å²) < 4.78 is 0. The zero-order chi connectivity index (χ0) is 9.26. The first-order valence-electron chi connectivity index (χ1n) is 5.37. The number of piperazine rings is 1. The van der Waals surface area contributed by atoms with Crippen LogP contribution in [0.15, 0.2) is 0 Å². The van der Waals surface area contributed by atoms with Gasteiger partial charge in [-0.05, 0) is 19.4 Å². The van der Waals surface area contributed by atoms with Crippen LogP contribution in [0.25, 0.3) is 0 Å². The number of rotatable bonds is 1. The van der Waals surface area contributed by atoms with Crippen LogP contribution < -0.4 is 0 Å². The average molecular weight is 181 g/mol. The summed E-state index contributed by atoms with van der Waals surface area (Å²) in [6, 6.07) is 0.751. The van der Waals surface area contributed by atoms with E-state index in [1.165, 1.54) is 25.9 Å². The zero-order valence-electron chi connectivity index (χ0n) is 8.42. The first-order valence-corrected chi connectivity index (χ1v) is 5.37. The first kappa shape index (κ1) is 9.00. The van der Waals surface area contributed by atoms with Gasteiger partial charge in [0.1, 0.15) is 0 Å². The molecule has 2 saturated heterocycles. The standard InChI is InChI=1S/C10H19N3/c1-2-10(11)13-7-6-12-5-3-4-9(12)8-13/h9,11H,2-8H2,1H3. The summed E-state index contributed by atoms with van der Waals surface area (Å²) in [5, 5.41) is 7.79. The third-order valence-electron chi connectivity index (χ3n) is 3.30. The molecule has 2 heterocycles. The summed E-state index contributed by atoms with van der Waals surface area (Å²) in [6.07, 6.45) is 3.58. The molecule has 74 valence electrons. The minimum atomic E-state index is 0.751. The van der Waals surface area contributed by atoms with Crippen molar-refractivity contribution in [3.63, 3.8) is 0 Å². The molecule has 3 nitrogen and oxygen atoms in total. The highest BCUT2D eigenvalue weighted by Crippen LogP contribution is 2.21. The topological polar surface area (TPSA) is 30.3 Å². The van der Waals surface area contributed by atoms with Gasteiger partial charge in [-0.25, -0.2) is 0 Å². The van der Waals surface area contributed by atoms with E-state index in [-0.39, 0.29) is 0 Å². The van der Waals surface area contributed by atoms with Crippen LogP contribution in [0.4, 0.5) is 0 Å². The third kappa shape index (κ3) is 1.70. The molecule has 0 bridgehead atoms. The Morgan fingerprint density at radius 2 is 2.23 bits per heavy atom. The summed E-state index contributed by atoms with van der Waals surface area (Å²) in [7, 11) is 0. The van der Waals surface area contributed by atoms with Crippen molar-refractivity contribution >= 4 is 5.84 Å². The molecule has 1 N–H and O–H groups in total. The van der Waals surface area contributed by atoms with Crippen molar-refractivity contribution in [3.8, 4) is 0 Å². The molecule has 0 aromatic rings. The maximum atomic E-state index is 7.79. The van der Waals surface area contributed by atoms with Gasteiger partial charge in [0.25, 0.3) is 0 Å².